The van der Waals surface area contributed by atoms with E-state index in [1.165, 1.54) is 12.1 Å². The van der Waals surface area contributed by atoms with E-state index < -0.39 is 5.92 Å². The Kier molecular flexibility index (Phi) is 10.9. The second-order valence-electron chi connectivity index (χ2n) is 13.7. The number of likely N-dealkylation sites (tertiary alicyclic amines) is 1. The van der Waals surface area contributed by atoms with Crippen LogP contribution in [0.15, 0.2) is 53.0 Å². The number of aliphatic imine (C=N–C) groups is 1. The third-order valence-electron chi connectivity index (χ3n) is 10.3. The van der Waals surface area contributed by atoms with Gasteiger partial charge in [-0.2, -0.15) is 0 Å². The Morgan fingerprint density at radius 3 is 2.34 bits per heavy atom. The number of amides is 2. The number of dihydropyridines is 1. The number of ether oxygens (including phenoxy) is 2. The van der Waals surface area contributed by atoms with Crippen LogP contribution in [0.3, 0.4) is 0 Å². The van der Waals surface area contributed by atoms with Crippen LogP contribution in [-0.2, 0) is 20.8 Å². The minimum atomic E-state index is -0.436. The van der Waals surface area contributed by atoms with E-state index in [2.05, 4.69) is 62.3 Å². The molecule has 3 saturated heterocycles. The third-order valence-corrected chi connectivity index (χ3v) is 10.3. The average Bonchev–Trinajstić information content (AvgIpc) is 3.05. The molecule has 47 heavy (non-hydrogen) atoms. The van der Waals surface area contributed by atoms with Gasteiger partial charge in [-0.3, -0.25) is 19.4 Å². The van der Waals surface area contributed by atoms with Crippen LogP contribution in [0, 0.1) is 18.8 Å². The molecule has 0 saturated carbocycles. The minimum Gasteiger partial charge on any atom is -0.381 e. The molecule has 0 radical (unpaired) electrons. The van der Waals surface area contributed by atoms with E-state index in [0.717, 1.165) is 112 Å². The van der Waals surface area contributed by atoms with Gasteiger partial charge in [0.2, 0.25) is 0 Å². The van der Waals surface area contributed by atoms with Crippen LogP contribution in [0.1, 0.15) is 55.1 Å². The van der Waals surface area contributed by atoms with Crippen LogP contribution in [0.25, 0.3) is 11.1 Å². The van der Waals surface area contributed by atoms with Crippen LogP contribution in [0.5, 0.6) is 0 Å². The Balaban J connectivity index is 1.19. The van der Waals surface area contributed by atoms with Crippen LogP contribution in [-0.4, -0.2) is 106 Å². The number of allylic oxidation sites excluding steroid dienone is 1. The zero-order chi connectivity index (χ0) is 32.9. The van der Waals surface area contributed by atoms with E-state index in [-0.39, 0.29) is 18.4 Å². The topological polar surface area (TPSA) is 86.7 Å². The van der Waals surface area contributed by atoms with Crippen LogP contribution in [0.4, 0.5) is 5.69 Å². The van der Waals surface area contributed by atoms with Crippen molar-refractivity contribution in [3.8, 4) is 11.1 Å². The number of anilines is 1. The van der Waals surface area contributed by atoms with E-state index in [1.807, 2.05) is 32.9 Å². The van der Waals surface area contributed by atoms with E-state index in [1.54, 1.807) is 0 Å². The highest BCUT2D eigenvalue weighted by Gasteiger charge is 2.30. The fourth-order valence-electron chi connectivity index (χ4n) is 7.60. The lowest BCUT2D eigenvalue weighted by Gasteiger charge is -2.42. The first-order chi connectivity index (χ1) is 22.8. The molecule has 1 N–H and O–H groups in total. The van der Waals surface area contributed by atoms with Crippen molar-refractivity contribution < 1.29 is 19.1 Å². The smallest absolute Gasteiger partial charge is 0.254 e. The summed E-state index contributed by atoms with van der Waals surface area (Å²) >= 11 is 0. The summed E-state index contributed by atoms with van der Waals surface area (Å²) < 4.78 is 11.2. The number of nitrogens with one attached hydrogen (secondary N) is 1. The van der Waals surface area contributed by atoms with E-state index in [9.17, 15) is 9.59 Å². The number of carbonyl (C=O) groups excluding carboxylic acids is 2. The zero-order valence-corrected chi connectivity index (χ0v) is 28.6. The molecule has 3 fully saturated rings. The Morgan fingerprint density at radius 2 is 1.66 bits per heavy atom. The summed E-state index contributed by atoms with van der Waals surface area (Å²) in [6, 6.07) is 13.5. The van der Waals surface area contributed by atoms with Crippen molar-refractivity contribution in [3.05, 3.63) is 64.7 Å². The molecule has 0 aliphatic carbocycles. The molecule has 1 unspecified atom stereocenters. The molecule has 2 aromatic rings. The maximum Gasteiger partial charge on any atom is 0.254 e. The van der Waals surface area contributed by atoms with Crippen molar-refractivity contribution in [1.29, 1.82) is 0 Å². The lowest BCUT2D eigenvalue weighted by Crippen LogP contribution is -2.52. The Labute approximate surface area is 280 Å². The Hall–Kier alpha value is -3.37. The number of hydrogen-bond donors (Lipinski definition) is 1. The summed E-state index contributed by atoms with van der Waals surface area (Å²) in [5, 5.41) is 3.08. The van der Waals surface area contributed by atoms with Gasteiger partial charge in [-0.25, -0.2) is 4.99 Å². The van der Waals surface area contributed by atoms with Gasteiger partial charge in [0.05, 0.1) is 19.1 Å². The highest BCUT2D eigenvalue weighted by molar-refractivity contribution is 6.06. The standard InChI is InChI=1S/C38H51N5O4/c1-5-43(33-10-14-46-15-11-33)36-20-32(19-34(28(36)4)37(44)39-21-35-26(2)18-27(3)40-38(35)45)31-8-6-29(7-9-31)22-42-24-30(25-42)23-41-12-16-47-17-13-41/h6-9,18-20,30,33,35H,5,10-17,21-25H2,1-4H3,(H,39,44). The lowest BCUT2D eigenvalue weighted by molar-refractivity contribution is -0.120. The summed E-state index contributed by atoms with van der Waals surface area (Å²) in [5.74, 6) is -0.0557. The van der Waals surface area contributed by atoms with Gasteiger partial charge in [-0.05, 0) is 86.9 Å². The molecule has 9 heteroatoms. The highest BCUT2D eigenvalue weighted by Crippen LogP contribution is 2.34. The second-order valence-corrected chi connectivity index (χ2v) is 13.7. The summed E-state index contributed by atoms with van der Waals surface area (Å²) in [7, 11) is 0. The van der Waals surface area contributed by atoms with E-state index in [0.29, 0.717) is 17.3 Å². The lowest BCUT2D eigenvalue weighted by atomic mass is 9.93. The van der Waals surface area contributed by atoms with E-state index >= 15 is 0 Å². The number of carbonyl (C=O) groups is 2. The van der Waals surface area contributed by atoms with Crippen molar-refractivity contribution >= 4 is 23.2 Å². The highest BCUT2D eigenvalue weighted by atomic mass is 16.5. The molecule has 6 rings (SSSR count). The van der Waals surface area contributed by atoms with Crippen LogP contribution >= 0.6 is 0 Å². The maximum absolute atomic E-state index is 13.8. The SMILES string of the molecule is CCN(c1cc(-c2ccc(CN3CC(CN4CCOCC4)C3)cc2)cc(C(=O)NCC2C(=O)N=C(C)C=C2C)c1C)C1CCOCC1. The first-order valence-corrected chi connectivity index (χ1v) is 17.5. The van der Waals surface area contributed by atoms with Gasteiger partial charge in [0.15, 0.2) is 0 Å². The quantitative estimate of drug-likeness (QED) is 0.380. The Bertz CT molecular complexity index is 1480. The van der Waals surface area contributed by atoms with Crippen molar-refractivity contribution in [3.63, 3.8) is 0 Å². The molecule has 4 aliphatic rings. The normalized spacial score (nSPS) is 21.6. The molecule has 4 heterocycles. The van der Waals surface area contributed by atoms with Gasteiger partial charge in [0.25, 0.3) is 11.8 Å². The average molecular weight is 642 g/mol. The van der Waals surface area contributed by atoms with Gasteiger partial charge < -0.3 is 19.7 Å². The zero-order valence-electron chi connectivity index (χ0n) is 28.6. The molecular formula is C38H51N5O4. The van der Waals surface area contributed by atoms with Gasteiger partial charge in [-0.1, -0.05) is 29.8 Å². The van der Waals surface area contributed by atoms with Crippen molar-refractivity contribution in [1.82, 2.24) is 15.1 Å². The first-order valence-electron chi connectivity index (χ1n) is 17.5. The fourth-order valence-corrected chi connectivity index (χ4v) is 7.60. The third kappa shape index (κ3) is 8.03. The predicted molar refractivity (Wildman–Crippen MR) is 187 cm³/mol. The summed E-state index contributed by atoms with van der Waals surface area (Å²) in [5.41, 5.74) is 7.74. The molecule has 0 bridgehead atoms. The molecule has 0 aromatic heterocycles. The predicted octanol–water partition coefficient (Wildman–Crippen LogP) is 4.72. The number of rotatable bonds is 11. The maximum atomic E-state index is 13.8. The largest absolute Gasteiger partial charge is 0.381 e. The van der Waals surface area contributed by atoms with Crippen LogP contribution in [0.2, 0.25) is 0 Å². The summed E-state index contributed by atoms with van der Waals surface area (Å²) in [4.78, 5) is 38.1. The van der Waals surface area contributed by atoms with Crippen LogP contribution < -0.4 is 10.2 Å². The van der Waals surface area contributed by atoms with Gasteiger partial charge in [0.1, 0.15) is 0 Å². The summed E-state index contributed by atoms with van der Waals surface area (Å²) in [6.45, 7) is 18.8. The molecule has 9 nitrogen and oxygen atoms in total. The molecule has 2 aromatic carbocycles. The monoisotopic (exact) mass is 641 g/mol. The minimum absolute atomic E-state index is 0.165. The summed E-state index contributed by atoms with van der Waals surface area (Å²) in [6.07, 6.45) is 3.85. The number of morpholine rings is 1. The molecule has 1 atom stereocenters. The number of hydrogen-bond acceptors (Lipinski definition) is 7. The van der Waals surface area contributed by atoms with Gasteiger partial charge in [0, 0.05) is 88.6 Å². The Morgan fingerprint density at radius 1 is 0.957 bits per heavy atom. The van der Waals surface area contributed by atoms with Crippen molar-refractivity contribution in [2.45, 2.75) is 53.1 Å². The number of nitrogens with zero attached hydrogens (tertiary/aromatic N) is 4. The molecule has 252 valence electrons. The van der Waals surface area contributed by atoms with Crippen molar-refractivity contribution in [2.24, 2.45) is 16.8 Å². The van der Waals surface area contributed by atoms with Gasteiger partial charge in [-0.15, -0.1) is 0 Å². The molecule has 2 amide bonds. The molecular weight excluding hydrogens is 590 g/mol. The molecule has 4 aliphatic heterocycles. The first kappa shape index (κ1) is 33.5. The second kappa shape index (κ2) is 15.2. The number of benzene rings is 2. The van der Waals surface area contributed by atoms with Gasteiger partial charge >= 0.3 is 0 Å². The fraction of sp³-hybridized carbons (Fsp3) is 0.553. The molecule has 0 spiro atoms. The van der Waals surface area contributed by atoms with Crippen molar-refractivity contribution in [2.75, 3.05) is 77.1 Å². The van der Waals surface area contributed by atoms with E-state index in [4.69, 9.17) is 9.47 Å².